The van der Waals surface area contributed by atoms with Crippen LogP contribution in [0.25, 0.3) is 22.4 Å². The highest BCUT2D eigenvalue weighted by Gasteiger charge is 2.19. The van der Waals surface area contributed by atoms with E-state index in [-0.39, 0.29) is 6.61 Å². The van der Waals surface area contributed by atoms with Crippen LogP contribution >= 0.6 is 23.2 Å². The first-order valence-corrected chi connectivity index (χ1v) is 11.5. The fourth-order valence-electron chi connectivity index (χ4n) is 3.76. The number of fused-ring (bicyclic) bond motifs is 1. The summed E-state index contributed by atoms with van der Waals surface area (Å²) in [6.07, 6.45) is 1.17. The minimum Gasteiger partial charge on any atom is -0.482 e. The van der Waals surface area contributed by atoms with Crippen molar-refractivity contribution in [1.29, 1.82) is 0 Å². The molecular formula is C24H26Cl2N4O2. The lowest BCUT2D eigenvalue weighted by Crippen LogP contribution is -2.10. The second-order valence-corrected chi connectivity index (χ2v) is 9.47. The van der Waals surface area contributed by atoms with E-state index in [1.54, 1.807) is 18.2 Å². The van der Waals surface area contributed by atoms with Crippen LogP contribution in [0.3, 0.4) is 0 Å². The summed E-state index contributed by atoms with van der Waals surface area (Å²) in [7, 11) is 0. The van der Waals surface area contributed by atoms with Crippen LogP contribution in [0.15, 0.2) is 40.9 Å². The molecule has 2 heterocycles. The van der Waals surface area contributed by atoms with Gasteiger partial charge in [-0.2, -0.15) is 4.98 Å². The topological polar surface area (TPSA) is 76.8 Å². The highest BCUT2D eigenvalue weighted by atomic mass is 35.5. The van der Waals surface area contributed by atoms with E-state index in [1.165, 1.54) is 6.42 Å². The first kappa shape index (κ1) is 22.6. The molecule has 32 heavy (non-hydrogen) atoms. The molecule has 2 aromatic heterocycles. The lowest BCUT2D eigenvalue weighted by Gasteiger charge is -2.19. The van der Waals surface area contributed by atoms with Gasteiger partial charge in [-0.3, -0.25) is 0 Å². The Hall–Kier alpha value is -2.57. The van der Waals surface area contributed by atoms with Crippen molar-refractivity contribution in [2.75, 3.05) is 0 Å². The smallest absolute Gasteiger partial charge is 0.264 e. The molecule has 0 saturated heterocycles. The predicted octanol–water partition coefficient (Wildman–Crippen LogP) is 7.28. The maximum absolute atomic E-state index is 6.14. The van der Waals surface area contributed by atoms with Crippen LogP contribution in [0.2, 0.25) is 10.0 Å². The van der Waals surface area contributed by atoms with Crippen LogP contribution in [0.4, 0.5) is 0 Å². The van der Waals surface area contributed by atoms with Crippen molar-refractivity contribution in [3.8, 4) is 17.1 Å². The van der Waals surface area contributed by atoms with E-state index in [0.29, 0.717) is 45.3 Å². The van der Waals surface area contributed by atoms with Gasteiger partial charge >= 0.3 is 0 Å². The van der Waals surface area contributed by atoms with E-state index in [1.807, 2.05) is 18.2 Å². The number of aromatic nitrogens is 4. The summed E-state index contributed by atoms with van der Waals surface area (Å²) in [5, 5.41) is 5.06. The number of benzene rings is 2. The van der Waals surface area contributed by atoms with Crippen molar-refractivity contribution in [2.45, 2.75) is 46.6 Å². The van der Waals surface area contributed by atoms with Crippen LogP contribution < -0.4 is 4.74 Å². The Morgan fingerprint density at radius 2 is 1.84 bits per heavy atom. The number of imidazole rings is 1. The summed E-state index contributed by atoms with van der Waals surface area (Å²) in [5.74, 6) is 3.91. The second kappa shape index (κ2) is 9.51. The third kappa shape index (κ3) is 5.08. The molecule has 2 atom stereocenters. The summed E-state index contributed by atoms with van der Waals surface area (Å²) in [6, 6.07) is 11.0. The van der Waals surface area contributed by atoms with Gasteiger partial charge in [0, 0.05) is 16.5 Å². The molecule has 0 aliphatic rings. The third-order valence-corrected chi connectivity index (χ3v) is 6.13. The SMILES string of the molecule is CC(C)CC(C)[C@@H](C)c1nc2ccc(-c3noc(COc4ccc(Cl)cc4Cl)n3)cc2[nH]1. The Balaban J connectivity index is 1.48. The summed E-state index contributed by atoms with van der Waals surface area (Å²) in [6.45, 7) is 9.12. The Bertz CT molecular complexity index is 1220. The van der Waals surface area contributed by atoms with E-state index in [4.69, 9.17) is 37.4 Å². The summed E-state index contributed by atoms with van der Waals surface area (Å²) in [4.78, 5) is 12.7. The molecule has 4 rings (SSSR count). The predicted molar refractivity (Wildman–Crippen MR) is 127 cm³/mol. The second-order valence-electron chi connectivity index (χ2n) is 8.62. The van der Waals surface area contributed by atoms with E-state index < -0.39 is 0 Å². The zero-order valence-corrected chi connectivity index (χ0v) is 20.0. The molecule has 0 amide bonds. The average molecular weight is 473 g/mol. The normalized spacial score (nSPS) is 13.6. The number of hydrogen-bond acceptors (Lipinski definition) is 5. The molecule has 1 N–H and O–H groups in total. The lowest BCUT2D eigenvalue weighted by atomic mass is 9.88. The van der Waals surface area contributed by atoms with Crippen molar-refractivity contribution in [3.63, 3.8) is 0 Å². The minimum absolute atomic E-state index is 0.107. The largest absolute Gasteiger partial charge is 0.482 e. The van der Waals surface area contributed by atoms with Gasteiger partial charge in [-0.25, -0.2) is 4.98 Å². The number of rotatable bonds is 8. The molecule has 2 aromatic carbocycles. The minimum atomic E-state index is 0.107. The zero-order chi connectivity index (χ0) is 22.8. The molecule has 6 nitrogen and oxygen atoms in total. The molecule has 4 aromatic rings. The van der Waals surface area contributed by atoms with E-state index in [2.05, 4.69) is 42.8 Å². The van der Waals surface area contributed by atoms with E-state index >= 15 is 0 Å². The van der Waals surface area contributed by atoms with E-state index in [0.717, 1.165) is 22.4 Å². The molecule has 0 radical (unpaired) electrons. The number of nitrogens with one attached hydrogen (secondary N) is 1. The molecule has 0 spiro atoms. The number of halogens is 2. The number of nitrogens with zero attached hydrogens (tertiary/aromatic N) is 3. The summed E-state index contributed by atoms with van der Waals surface area (Å²) >= 11 is 12.0. The standard InChI is InChI=1S/C24H26Cl2N4O2/c1-13(2)9-14(3)15(4)23-27-19-7-5-16(10-20(19)28-23)24-29-22(32-30-24)12-31-21-8-6-17(25)11-18(21)26/h5-8,10-11,13-15H,9,12H2,1-4H3,(H,27,28)/t14?,15-/m1/s1. The Morgan fingerprint density at radius 3 is 2.59 bits per heavy atom. The van der Waals surface area contributed by atoms with Crippen molar-refractivity contribution >= 4 is 34.2 Å². The molecule has 1 unspecified atom stereocenters. The number of hydrogen-bond donors (Lipinski definition) is 1. The van der Waals surface area contributed by atoms with Crippen molar-refractivity contribution in [2.24, 2.45) is 11.8 Å². The quantitative estimate of drug-likeness (QED) is 0.291. The number of H-pyrrole nitrogens is 1. The summed E-state index contributed by atoms with van der Waals surface area (Å²) < 4.78 is 11.0. The molecule has 0 bridgehead atoms. The Morgan fingerprint density at radius 1 is 1.03 bits per heavy atom. The van der Waals surface area contributed by atoms with Gasteiger partial charge in [0.25, 0.3) is 5.89 Å². The molecule has 168 valence electrons. The third-order valence-electron chi connectivity index (χ3n) is 5.60. The maximum Gasteiger partial charge on any atom is 0.264 e. The van der Waals surface area contributed by atoms with Gasteiger partial charge in [0.15, 0.2) is 6.61 Å². The Kier molecular flexibility index (Phi) is 6.72. The highest BCUT2D eigenvalue weighted by molar-refractivity contribution is 6.35. The van der Waals surface area contributed by atoms with Gasteiger partial charge in [-0.1, -0.05) is 56.1 Å². The van der Waals surface area contributed by atoms with Gasteiger partial charge in [0.05, 0.1) is 16.1 Å². The fraction of sp³-hybridized carbons (Fsp3) is 0.375. The fourth-order valence-corrected chi connectivity index (χ4v) is 4.23. The first-order chi connectivity index (χ1) is 15.3. The molecule has 0 aliphatic heterocycles. The number of ether oxygens (including phenoxy) is 1. The average Bonchev–Trinajstić information content (AvgIpc) is 3.38. The van der Waals surface area contributed by atoms with Crippen LogP contribution in [0.5, 0.6) is 5.75 Å². The van der Waals surface area contributed by atoms with Crippen molar-refractivity contribution < 1.29 is 9.26 Å². The van der Waals surface area contributed by atoms with Gasteiger partial charge in [-0.05, 0) is 54.7 Å². The van der Waals surface area contributed by atoms with Crippen LogP contribution in [0, 0.1) is 11.8 Å². The molecule has 8 heteroatoms. The van der Waals surface area contributed by atoms with Gasteiger partial charge in [0.2, 0.25) is 5.82 Å². The maximum atomic E-state index is 6.14. The number of aromatic amines is 1. The first-order valence-electron chi connectivity index (χ1n) is 10.7. The van der Waals surface area contributed by atoms with Gasteiger partial charge in [0.1, 0.15) is 11.6 Å². The lowest BCUT2D eigenvalue weighted by molar-refractivity contribution is 0.243. The summed E-state index contributed by atoms with van der Waals surface area (Å²) in [5.41, 5.74) is 2.73. The van der Waals surface area contributed by atoms with E-state index in [9.17, 15) is 0 Å². The van der Waals surface area contributed by atoms with Crippen LogP contribution in [0.1, 0.15) is 51.7 Å². The van der Waals surface area contributed by atoms with Gasteiger partial charge < -0.3 is 14.2 Å². The van der Waals surface area contributed by atoms with Crippen molar-refractivity contribution in [1.82, 2.24) is 20.1 Å². The molecule has 0 fully saturated rings. The van der Waals surface area contributed by atoms with Crippen LogP contribution in [-0.2, 0) is 6.61 Å². The monoisotopic (exact) mass is 472 g/mol. The molecule has 0 saturated carbocycles. The zero-order valence-electron chi connectivity index (χ0n) is 18.5. The highest BCUT2D eigenvalue weighted by Crippen LogP contribution is 2.30. The van der Waals surface area contributed by atoms with Gasteiger partial charge in [-0.15, -0.1) is 0 Å². The van der Waals surface area contributed by atoms with Crippen LogP contribution in [-0.4, -0.2) is 20.1 Å². The molecule has 0 aliphatic carbocycles. The Labute approximate surface area is 197 Å². The molecular weight excluding hydrogens is 447 g/mol. The van der Waals surface area contributed by atoms with Crippen molar-refractivity contribution in [3.05, 3.63) is 58.2 Å².